The van der Waals surface area contributed by atoms with Crippen LogP contribution in [-0.4, -0.2) is 38.2 Å². The van der Waals surface area contributed by atoms with Gasteiger partial charge in [-0.05, 0) is 13.1 Å². The molecule has 104 valence electrons. The second-order valence-electron chi connectivity index (χ2n) is 3.72. The number of hydrogen-bond donors (Lipinski definition) is 0. The van der Waals surface area contributed by atoms with Crippen LogP contribution in [0.2, 0.25) is 19.6 Å². The average molecular weight is 322 g/mol. The third-order valence-corrected chi connectivity index (χ3v) is 11.1. The molecule has 0 saturated carbocycles. The highest BCUT2D eigenvalue weighted by Gasteiger charge is 2.37. The quantitative estimate of drug-likeness (QED) is 0.500. The number of hydrogen-bond acceptors (Lipinski definition) is 7. The van der Waals surface area contributed by atoms with Gasteiger partial charge in [0, 0.05) is 27.4 Å². The highest BCUT2D eigenvalue weighted by molar-refractivity contribution is 7.41. The van der Waals surface area contributed by atoms with Crippen LogP contribution in [0, 0.1) is 0 Å². The minimum Gasteiger partial charge on any atom is -0.377 e. The Labute approximate surface area is 105 Å². The summed E-state index contributed by atoms with van der Waals surface area (Å²) in [6, 6.07) is 0. The van der Waals surface area contributed by atoms with Gasteiger partial charge in [-0.15, -0.1) is 0 Å². The molecule has 0 aliphatic heterocycles. The van der Waals surface area contributed by atoms with Crippen molar-refractivity contribution in [3.63, 3.8) is 0 Å². The maximum absolute atomic E-state index is 11.7. The van der Waals surface area contributed by atoms with Gasteiger partial charge in [0.05, 0.1) is 0 Å². The van der Waals surface area contributed by atoms with Crippen LogP contribution in [0.25, 0.3) is 0 Å². The van der Waals surface area contributed by atoms with E-state index in [2.05, 4.69) is 0 Å². The maximum atomic E-state index is 11.7. The second kappa shape index (κ2) is 7.32. The predicted octanol–water partition coefficient (Wildman–Crippen LogP) is 2.09. The third-order valence-electron chi connectivity index (χ3n) is 1.73. The Bertz CT molecular complexity index is 294. The van der Waals surface area contributed by atoms with Gasteiger partial charge in [0.15, 0.2) is 8.03 Å². The zero-order valence-corrected chi connectivity index (χ0v) is 14.9. The van der Waals surface area contributed by atoms with Crippen molar-refractivity contribution in [3.05, 3.63) is 0 Å². The zero-order valence-electron chi connectivity index (χ0n) is 10.9. The summed E-state index contributed by atoms with van der Waals surface area (Å²) in [5, 5.41) is 0. The van der Waals surface area contributed by atoms with Gasteiger partial charge in [0.25, 0.3) is 0 Å². The molecule has 2 atom stereocenters. The molecule has 0 aromatic rings. The first-order chi connectivity index (χ1) is 7.64. The van der Waals surface area contributed by atoms with E-state index in [1.807, 2.05) is 0 Å². The highest BCUT2D eigenvalue weighted by Crippen LogP contribution is 2.36. The Morgan fingerprint density at radius 2 is 1.35 bits per heavy atom. The molecule has 0 spiro atoms. The zero-order chi connectivity index (χ0) is 13.7. The van der Waals surface area contributed by atoms with Gasteiger partial charge in [-0.2, -0.15) is 0 Å². The lowest BCUT2D eigenvalue weighted by molar-refractivity contribution is 0.165. The van der Waals surface area contributed by atoms with Crippen LogP contribution < -0.4 is 0 Å². The minimum atomic E-state index is -2.90. The number of rotatable bonds is 8. The fourth-order valence-corrected chi connectivity index (χ4v) is 8.41. The van der Waals surface area contributed by atoms with Crippen molar-refractivity contribution >= 4 is 33.6 Å². The van der Waals surface area contributed by atoms with Crippen LogP contribution >= 0.6 is 16.3 Å². The first kappa shape index (κ1) is 17.7. The van der Waals surface area contributed by atoms with Gasteiger partial charge in [-0.25, -0.2) is 0 Å². The third kappa shape index (κ3) is 7.66. The van der Waals surface area contributed by atoms with E-state index in [4.69, 9.17) is 21.5 Å². The molecule has 11 heteroatoms. The molecule has 0 saturated heterocycles. The molecule has 0 aromatic carbocycles. The van der Waals surface area contributed by atoms with E-state index >= 15 is 0 Å². The lowest BCUT2D eigenvalue weighted by Gasteiger charge is -2.25. The van der Waals surface area contributed by atoms with E-state index in [1.54, 1.807) is 19.6 Å². The van der Waals surface area contributed by atoms with Crippen molar-refractivity contribution in [1.82, 2.24) is 0 Å². The molecular formula is C6H20O7P2Si2. The van der Waals surface area contributed by atoms with E-state index in [9.17, 15) is 9.13 Å². The van der Waals surface area contributed by atoms with Crippen LogP contribution in [0.1, 0.15) is 0 Å². The average Bonchev–Trinajstić information content (AvgIpc) is 2.14. The summed E-state index contributed by atoms with van der Waals surface area (Å²) >= 11 is 0. The van der Waals surface area contributed by atoms with Crippen LogP contribution in [0.3, 0.4) is 0 Å². The van der Waals surface area contributed by atoms with Crippen molar-refractivity contribution in [3.8, 4) is 0 Å². The van der Waals surface area contributed by atoms with Gasteiger partial charge in [-0.1, -0.05) is 0 Å². The second-order valence-corrected chi connectivity index (χ2v) is 13.0. The molecule has 0 radical (unpaired) electrons. The minimum absolute atomic E-state index is 1.41. The Morgan fingerprint density at radius 3 is 1.71 bits per heavy atom. The SMILES string of the molecule is CO[Si](C)(OC)O[PH](=O)O[Si](C)(C)O[PH](C)=O. The van der Waals surface area contributed by atoms with Crippen LogP contribution in [-0.2, 0) is 30.6 Å². The monoisotopic (exact) mass is 322 g/mol. The molecule has 0 heterocycles. The largest absolute Gasteiger partial charge is 0.503 e. The van der Waals surface area contributed by atoms with Gasteiger partial charge in [-0.3, -0.25) is 9.13 Å². The predicted molar refractivity (Wildman–Crippen MR) is 70.3 cm³/mol. The van der Waals surface area contributed by atoms with Crippen molar-refractivity contribution in [2.45, 2.75) is 19.6 Å². The van der Waals surface area contributed by atoms with Crippen molar-refractivity contribution < 1.29 is 30.6 Å². The molecule has 2 unspecified atom stereocenters. The standard InChI is InChI=1S/C6H20O7P2Si2/c1-9-17(6,10-2)13-15(8)12-16(4,5)11-14(3)7/h14-15H,1-6H3. The smallest absolute Gasteiger partial charge is 0.377 e. The summed E-state index contributed by atoms with van der Waals surface area (Å²) in [4.78, 5) is 0. The van der Waals surface area contributed by atoms with Gasteiger partial charge >= 0.3 is 25.6 Å². The summed E-state index contributed by atoms with van der Waals surface area (Å²) in [6.07, 6.45) is 0. The van der Waals surface area contributed by atoms with Crippen LogP contribution in [0.15, 0.2) is 0 Å². The Morgan fingerprint density at radius 1 is 0.882 bits per heavy atom. The fraction of sp³-hybridized carbons (Fsp3) is 1.00. The summed E-state index contributed by atoms with van der Waals surface area (Å²) in [5.41, 5.74) is 0. The van der Waals surface area contributed by atoms with Gasteiger partial charge in [0.2, 0.25) is 0 Å². The molecule has 0 fully saturated rings. The lowest BCUT2D eigenvalue weighted by atomic mass is 11.8. The first-order valence-electron chi connectivity index (χ1n) is 4.86. The van der Waals surface area contributed by atoms with E-state index in [-0.39, 0.29) is 0 Å². The molecule has 0 aliphatic rings. The van der Waals surface area contributed by atoms with Crippen LogP contribution in [0.5, 0.6) is 0 Å². The van der Waals surface area contributed by atoms with Crippen molar-refractivity contribution in [2.75, 3.05) is 20.9 Å². The fourth-order valence-electron chi connectivity index (χ4n) is 0.907. The van der Waals surface area contributed by atoms with Gasteiger partial charge < -0.3 is 21.5 Å². The van der Waals surface area contributed by atoms with E-state index < -0.39 is 33.6 Å². The molecule has 0 N–H and O–H groups in total. The van der Waals surface area contributed by atoms with E-state index in [0.717, 1.165) is 0 Å². The molecule has 0 rings (SSSR count). The molecular weight excluding hydrogens is 302 g/mol. The molecule has 0 bridgehead atoms. The summed E-state index contributed by atoms with van der Waals surface area (Å²) in [7, 11) is -7.71. The van der Waals surface area contributed by atoms with E-state index in [1.165, 1.54) is 20.9 Å². The summed E-state index contributed by atoms with van der Waals surface area (Å²) in [6.45, 7) is 6.33. The molecule has 0 amide bonds. The van der Waals surface area contributed by atoms with Crippen molar-refractivity contribution in [1.29, 1.82) is 0 Å². The van der Waals surface area contributed by atoms with E-state index in [0.29, 0.717) is 0 Å². The topological polar surface area (TPSA) is 80.3 Å². The first-order valence-corrected chi connectivity index (χ1v) is 12.9. The van der Waals surface area contributed by atoms with Gasteiger partial charge in [0.1, 0.15) is 0 Å². The van der Waals surface area contributed by atoms with Crippen molar-refractivity contribution in [2.24, 2.45) is 0 Å². The maximum Gasteiger partial charge on any atom is 0.503 e. The van der Waals surface area contributed by atoms with Crippen LogP contribution in [0.4, 0.5) is 0 Å². The molecule has 0 aromatic heterocycles. The summed E-state index contributed by atoms with van der Waals surface area (Å²) in [5.74, 6) is 0. The Balaban J connectivity index is 4.40. The molecule has 7 nitrogen and oxygen atoms in total. The normalized spacial score (nSPS) is 16.8. The lowest BCUT2D eigenvalue weighted by Crippen LogP contribution is -2.39. The molecule has 17 heavy (non-hydrogen) atoms. The highest BCUT2D eigenvalue weighted by atomic mass is 31.1. The summed E-state index contributed by atoms with van der Waals surface area (Å²) < 4.78 is 48.1. The Hall–Kier alpha value is 0.694. The Kier molecular flexibility index (Phi) is 7.62. The molecule has 0 aliphatic carbocycles.